The zero-order valence-electron chi connectivity index (χ0n) is 19.8. The highest BCUT2D eigenvalue weighted by Crippen LogP contribution is 2.61. The molecule has 3 aromatic rings. The maximum Gasteiger partial charge on any atom is 0.490 e. The van der Waals surface area contributed by atoms with Gasteiger partial charge < -0.3 is 10.8 Å². The van der Waals surface area contributed by atoms with Crippen LogP contribution in [-0.2, 0) is 21.0 Å². The summed E-state index contributed by atoms with van der Waals surface area (Å²) in [7, 11) is -4.32. The summed E-state index contributed by atoms with van der Waals surface area (Å²) in [5, 5.41) is 16.4. The summed E-state index contributed by atoms with van der Waals surface area (Å²) in [6.45, 7) is 0. The van der Waals surface area contributed by atoms with Gasteiger partial charge in [-0.25, -0.2) is 32.3 Å². The molecule has 3 aliphatic rings. The molecule has 0 unspecified atom stereocenters. The Morgan fingerprint density at radius 2 is 1.80 bits per heavy atom. The van der Waals surface area contributed by atoms with E-state index in [1.807, 2.05) is 0 Å². The van der Waals surface area contributed by atoms with Crippen molar-refractivity contribution in [2.75, 3.05) is 5.73 Å². The van der Waals surface area contributed by atoms with Gasteiger partial charge in [0, 0.05) is 17.3 Å². The van der Waals surface area contributed by atoms with Gasteiger partial charge in [0.05, 0.1) is 23.4 Å². The van der Waals surface area contributed by atoms with Crippen LogP contribution < -0.4 is 10.5 Å². The van der Waals surface area contributed by atoms with E-state index in [1.165, 1.54) is 12.3 Å². The largest absolute Gasteiger partial charge is 0.490 e. The van der Waals surface area contributed by atoms with Crippen molar-refractivity contribution in [2.45, 2.75) is 48.5 Å². The Kier molecular flexibility index (Phi) is 6.74. The highest BCUT2D eigenvalue weighted by molar-refractivity contribution is 7.89. The molecule has 0 saturated heterocycles. The van der Waals surface area contributed by atoms with Crippen molar-refractivity contribution in [2.24, 2.45) is 5.41 Å². The van der Waals surface area contributed by atoms with Crippen LogP contribution in [0.5, 0.6) is 0 Å². The van der Waals surface area contributed by atoms with Crippen molar-refractivity contribution in [3.63, 3.8) is 0 Å². The molecule has 10 nitrogen and oxygen atoms in total. The standard InChI is InChI=1S/C20H16F4N6O2S.C2HF3O2/c21-12-2-1-11(13-6-27-17-16(26)28-15(7-30(13)17)20(22,23)24)5-14(12)33(31,32)29-19-4-3-18(8-19,9-19)10-25;3-2(4,5)1(6)7/h1-2,5-7,29H,3-4,8-9H2,(H2,26,28);(H,6,7). The first-order valence-electron chi connectivity index (χ1n) is 11.1. The molecule has 4 N–H and O–H groups in total. The van der Waals surface area contributed by atoms with E-state index >= 15 is 0 Å². The van der Waals surface area contributed by atoms with Crippen LogP contribution in [0.3, 0.4) is 0 Å². The highest BCUT2D eigenvalue weighted by atomic mass is 32.2. The molecule has 2 heterocycles. The van der Waals surface area contributed by atoms with Crippen molar-refractivity contribution in [3.05, 3.63) is 42.1 Å². The van der Waals surface area contributed by atoms with E-state index in [0.717, 1.165) is 16.5 Å². The van der Waals surface area contributed by atoms with Crippen LogP contribution in [0, 0.1) is 22.6 Å². The van der Waals surface area contributed by atoms with Crippen molar-refractivity contribution in [3.8, 4) is 17.3 Å². The summed E-state index contributed by atoms with van der Waals surface area (Å²) in [4.78, 5) is 15.5. The monoisotopic (exact) mass is 594 g/mol. The molecular formula is C22H17F7N6O4S. The van der Waals surface area contributed by atoms with Crippen molar-refractivity contribution in [1.82, 2.24) is 19.1 Å². The molecule has 2 aromatic heterocycles. The van der Waals surface area contributed by atoms with Gasteiger partial charge in [0.15, 0.2) is 17.2 Å². The van der Waals surface area contributed by atoms with Crippen LogP contribution >= 0.6 is 0 Å². The second kappa shape index (κ2) is 9.30. The van der Waals surface area contributed by atoms with E-state index < -0.39 is 61.5 Å². The Morgan fingerprint density at radius 1 is 1.18 bits per heavy atom. The molecule has 1 aromatic carbocycles. The number of halogens is 7. The summed E-state index contributed by atoms with van der Waals surface area (Å²) < 4.78 is 115. The number of benzene rings is 1. The Balaban J connectivity index is 0.000000470. The first kappa shape index (κ1) is 29.0. The van der Waals surface area contributed by atoms with Gasteiger partial charge >= 0.3 is 18.3 Å². The molecule has 3 fully saturated rings. The summed E-state index contributed by atoms with van der Waals surface area (Å²) in [6, 6.07) is 5.41. The fraction of sp³-hybridized carbons (Fsp3) is 0.364. The summed E-state index contributed by atoms with van der Waals surface area (Å²) in [5.74, 6) is -4.23. The van der Waals surface area contributed by atoms with E-state index in [9.17, 15) is 44.4 Å². The second-order valence-electron chi connectivity index (χ2n) is 9.43. The number of hydrogen-bond acceptors (Lipinski definition) is 7. The normalized spacial score (nSPS) is 22.2. The number of nitrogen functional groups attached to an aromatic ring is 1. The van der Waals surface area contributed by atoms with Crippen molar-refractivity contribution in [1.29, 1.82) is 5.26 Å². The number of nitrogens with two attached hydrogens (primary N) is 1. The van der Waals surface area contributed by atoms with E-state index in [2.05, 4.69) is 20.8 Å². The summed E-state index contributed by atoms with van der Waals surface area (Å²) in [6.07, 6.45) is -6.21. The Morgan fingerprint density at radius 3 is 2.33 bits per heavy atom. The number of nitrogens with zero attached hydrogens (tertiary/aromatic N) is 4. The minimum Gasteiger partial charge on any atom is -0.475 e. The predicted molar refractivity (Wildman–Crippen MR) is 121 cm³/mol. The number of aliphatic carboxylic acids is 1. The zero-order chi connectivity index (χ0) is 29.9. The van der Waals surface area contributed by atoms with Crippen LogP contribution in [0.2, 0.25) is 0 Å². The van der Waals surface area contributed by atoms with Crippen LogP contribution in [0.15, 0.2) is 35.5 Å². The first-order valence-corrected chi connectivity index (χ1v) is 12.6. The number of anilines is 1. The molecule has 0 amide bonds. The molecule has 0 radical (unpaired) electrons. The highest BCUT2D eigenvalue weighted by Gasteiger charge is 2.62. The average molecular weight is 594 g/mol. The Labute approximate surface area is 220 Å². The number of carbonyl (C=O) groups is 1. The van der Waals surface area contributed by atoms with Gasteiger partial charge in [-0.15, -0.1) is 0 Å². The molecule has 0 aliphatic heterocycles. The lowest BCUT2D eigenvalue weighted by Gasteiger charge is -2.43. The minimum absolute atomic E-state index is 0.0583. The van der Waals surface area contributed by atoms with Gasteiger partial charge in [0.25, 0.3) is 0 Å². The number of nitriles is 1. The van der Waals surface area contributed by atoms with Crippen LogP contribution in [0.1, 0.15) is 31.4 Å². The lowest BCUT2D eigenvalue weighted by atomic mass is 9.66. The lowest BCUT2D eigenvalue weighted by molar-refractivity contribution is -0.192. The van der Waals surface area contributed by atoms with Crippen molar-refractivity contribution >= 4 is 27.5 Å². The topological polar surface area (TPSA) is 163 Å². The lowest BCUT2D eigenvalue weighted by Crippen LogP contribution is -2.55. The predicted octanol–water partition coefficient (Wildman–Crippen LogP) is 3.88. The second-order valence-corrected chi connectivity index (χ2v) is 11.1. The summed E-state index contributed by atoms with van der Waals surface area (Å²) in [5.41, 5.74) is 3.17. The molecule has 18 heteroatoms. The molecule has 0 atom stereocenters. The van der Waals surface area contributed by atoms with E-state index in [-0.39, 0.29) is 16.9 Å². The van der Waals surface area contributed by atoms with Crippen LogP contribution in [-0.4, -0.2) is 45.6 Å². The molecule has 3 aliphatic carbocycles. The number of aromatic nitrogens is 3. The van der Waals surface area contributed by atoms with Gasteiger partial charge in [-0.05, 0) is 43.9 Å². The SMILES string of the molecule is N#CC12CCC(NS(=O)(=O)c3cc(-c4cnc5c(N)nc(C(F)(F)F)cn45)ccc3F)(C1)C2.O=C(O)C(F)(F)F. The Hall–Kier alpha value is -3.98. The van der Waals surface area contributed by atoms with Gasteiger partial charge in [-0.1, -0.05) is 0 Å². The molecule has 6 rings (SSSR count). The molecular weight excluding hydrogens is 577 g/mol. The third-order valence-electron chi connectivity index (χ3n) is 6.59. The molecule has 2 bridgehead atoms. The van der Waals surface area contributed by atoms with Gasteiger partial charge in [-0.2, -0.15) is 31.6 Å². The molecule has 3 saturated carbocycles. The number of nitrogens with one attached hydrogen (secondary N) is 1. The van der Waals surface area contributed by atoms with E-state index in [1.54, 1.807) is 0 Å². The van der Waals surface area contributed by atoms with Gasteiger partial charge in [-0.3, -0.25) is 4.40 Å². The average Bonchev–Trinajstić information content (AvgIpc) is 3.50. The number of sulfonamides is 1. The van der Waals surface area contributed by atoms with Crippen molar-refractivity contribution < 1.29 is 49.1 Å². The van der Waals surface area contributed by atoms with E-state index in [4.69, 9.17) is 15.6 Å². The maximum absolute atomic E-state index is 14.6. The number of imidazole rings is 1. The number of alkyl halides is 6. The van der Waals surface area contributed by atoms with Crippen LogP contribution in [0.25, 0.3) is 16.9 Å². The fourth-order valence-electron chi connectivity index (χ4n) is 4.90. The number of hydrogen-bond donors (Lipinski definition) is 3. The molecule has 214 valence electrons. The Bertz CT molecular complexity index is 1650. The number of rotatable bonds is 4. The summed E-state index contributed by atoms with van der Waals surface area (Å²) >= 11 is 0. The third kappa shape index (κ3) is 5.25. The number of carboxylic acids is 1. The quantitative estimate of drug-likeness (QED) is 0.383. The van der Waals surface area contributed by atoms with Gasteiger partial charge in [0.1, 0.15) is 10.7 Å². The first-order chi connectivity index (χ1) is 18.3. The minimum atomic E-state index is -5.08. The number of fused-ring (bicyclic) bond motifs is 2. The molecule has 40 heavy (non-hydrogen) atoms. The fourth-order valence-corrected chi connectivity index (χ4v) is 6.44. The number of carboxylic acid groups (broad SMARTS) is 1. The zero-order valence-corrected chi connectivity index (χ0v) is 20.6. The van der Waals surface area contributed by atoms with Gasteiger partial charge in [0.2, 0.25) is 10.0 Å². The molecule has 0 spiro atoms. The maximum atomic E-state index is 14.6. The smallest absolute Gasteiger partial charge is 0.475 e. The van der Waals surface area contributed by atoms with E-state index in [0.29, 0.717) is 31.9 Å². The van der Waals surface area contributed by atoms with Crippen LogP contribution in [0.4, 0.5) is 36.6 Å². The third-order valence-corrected chi connectivity index (χ3v) is 8.18.